The van der Waals surface area contributed by atoms with Crippen molar-refractivity contribution >= 4 is 5.91 Å². The van der Waals surface area contributed by atoms with E-state index in [0.29, 0.717) is 12.5 Å². The first-order valence-corrected chi connectivity index (χ1v) is 9.24. The zero-order valence-electron chi connectivity index (χ0n) is 14.7. The van der Waals surface area contributed by atoms with Crippen molar-refractivity contribution in [2.24, 2.45) is 0 Å². The van der Waals surface area contributed by atoms with Crippen LogP contribution in [0.25, 0.3) is 0 Å². The van der Waals surface area contributed by atoms with E-state index in [0.717, 1.165) is 83.9 Å². The van der Waals surface area contributed by atoms with Crippen molar-refractivity contribution in [1.82, 2.24) is 34.9 Å². The quantitative estimate of drug-likeness (QED) is 0.710. The molecule has 0 aliphatic carbocycles. The van der Waals surface area contributed by atoms with E-state index in [1.165, 1.54) is 0 Å². The fraction of sp³-hybridized carbons (Fsp3) is 0.875. The smallest absolute Gasteiger partial charge is 0.236 e. The van der Waals surface area contributed by atoms with E-state index >= 15 is 0 Å². The van der Waals surface area contributed by atoms with Crippen molar-refractivity contribution in [1.29, 1.82) is 0 Å². The molecule has 2 fully saturated rings. The number of amides is 1. The lowest BCUT2D eigenvalue weighted by atomic mass is 10.3. The molecular formula is C16H29N7O. The van der Waals surface area contributed by atoms with Crippen LogP contribution in [0.15, 0.2) is 0 Å². The number of hydrogen-bond donors (Lipinski definition) is 0. The van der Waals surface area contributed by atoms with Gasteiger partial charge in [0.1, 0.15) is 0 Å². The molecular weight excluding hydrogens is 306 g/mol. The minimum atomic E-state index is 0.296. The Kier molecular flexibility index (Phi) is 6.14. The molecule has 24 heavy (non-hydrogen) atoms. The van der Waals surface area contributed by atoms with E-state index < -0.39 is 0 Å². The molecule has 0 atom stereocenters. The van der Waals surface area contributed by atoms with Gasteiger partial charge in [-0.1, -0.05) is 13.3 Å². The zero-order valence-corrected chi connectivity index (χ0v) is 14.7. The number of nitrogens with zero attached hydrogens (tertiary/aromatic N) is 7. The van der Waals surface area contributed by atoms with Gasteiger partial charge < -0.3 is 4.90 Å². The molecule has 134 valence electrons. The minimum Gasteiger partial charge on any atom is -0.342 e. The SMILES string of the molecule is CCCCn1nnnc1CN1CCN(CC(=O)N2CCCC2)CC1. The fourth-order valence-electron chi connectivity index (χ4n) is 3.38. The van der Waals surface area contributed by atoms with E-state index in [4.69, 9.17) is 0 Å². The number of hydrogen-bond acceptors (Lipinski definition) is 6. The van der Waals surface area contributed by atoms with Gasteiger partial charge >= 0.3 is 0 Å². The summed E-state index contributed by atoms with van der Waals surface area (Å²) in [6.07, 6.45) is 4.56. The third kappa shape index (κ3) is 4.51. The highest BCUT2D eigenvalue weighted by Crippen LogP contribution is 2.10. The highest BCUT2D eigenvalue weighted by Gasteiger charge is 2.24. The van der Waals surface area contributed by atoms with Gasteiger partial charge in [0.05, 0.1) is 13.1 Å². The third-order valence-electron chi connectivity index (χ3n) is 4.98. The number of carbonyl (C=O) groups is 1. The number of tetrazole rings is 1. The molecule has 1 aromatic heterocycles. The van der Waals surface area contributed by atoms with Gasteiger partial charge in [-0.2, -0.15) is 0 Å². The molecule has 1 amide bonds. The van der Waals surface area contributed by atoms with Crippen LogP contribution in [0.1, 0.15) is 38.4 Å². The van der Waals surface area contributed by atoms with Gasteiger partial charge in [0.25, 0.3) is 0 Å². The molecule has 8 nitrogen and oxygen atoms in total. The van der Waals surface area contributed by atoms with Gasteiger partial charge in [-0.15, -0.1) is 5.10 Å². The van der Waals surface area contributed by atoms with Crippen molar-refractivity contribution in [2.75, 3.05) is 45.8 Å². The van der Waals surface area contributed by atoms with E-state index in [1.54, 1.807) is 0 Å². The van der Waals surface area contributed by atoms with Crippen molar-refractivity contribution in [3.8, 4) is 0 Å². The van der Waals surface area contributed by atoms with Crippen LogP contribution < -0.4 is 0 Å². The van der Waals surface area contributed by atoms with Crippen LogP contribution in [0.4, 0.5) is 0 Å². The Morgan fingerprint density at radius 2 is 1.75 bits per heavy atom. The van der Waals surface area contributed by atoms with Gasteiger partial charge in [-0.05, 0) is 29.7 Å². The molecule has 0 radical (unpaired) electrons. The Morgan fingerprint density at radius 1 is 1.04 bits per heavy atom. The van der Waals surface area contributed by atoms with Gasteiger partial charge in [0.2, 0.25) is 5.91 Å². The summed E-state index contributed by atoms with van der Waals surface area (Å²) in [5.41, 5.74) is 0. The number of aryl methyl sites for hydroxylation is 1. The van der Waals surface area contributed by atoms with Gasteiger partial charge in [0.15, 0.2) is 5.82 Å². The number of piperazine rings is 1. The summed E-state index contributed by atoms with van der Waals surface area (Å²) in [5, 5.41) is 12.1. The second-order valence-corrected chi connectivity index (χ2v) is 6.81. The number of rotatable bonds is 7. The number of carbonyl (C=O) groups excluding carboxylic acids is 1. The summed E-state index contributed by atoms with van der Waals surface area (Å²) in [5.74, 6) is 1.24. The molecule has 0 unspecified atom stereocenters. The predicted octanol–water partition coefficient (Wildman–Crippen LogP) is 0.213. The first-order chi connectivity index (χ1) is 11.8. The lowest BCUT2D eigenvalue weighted by Gasteiger charge is -2.34. The highest BCUT2D eigenvalue weighted by atomic mass is 16.2. The molecule has 0 aromatic carbocycles. The summed E-state index contributed by atoms with van der Waals surface area (Å²) >= 11 is 0. The second kappa shape index (κ2) is 8.53. The predicted molar refractivity (Wildman–Crippen MR) is 90.3 cm³/mol. The standard InChI is InChI=1S/C16H29N7O/c1-2-3-8-23-15(17-18-19-23)13-20-9-11-21(12-10-20)14-16(24)22-6-4-5-7-22/h2-14H2,1H3. The molecule has 0 N–H and O–H groups in total. The molecule has 0 saturated carbocycles. The van der Waals surface area contributed by atoms with Crippen molar-refractivity contribution in [3.63, 3.8) is 0 Å². The molecule has 0 spiro atoms. The van der Waals surface area contributed by atoms with Gasteiger partial charge in [-0.25, -0.2) is 4.68 Å². The molecule has 3 rings (SSSR count). The van der Waals surface area contributed by atoms with Crippen LogP contribution in [-0.2, 0) is 17.9 Å². The van der Waals surface area contributed by atoms with Crippen LogP contribution in [-0.4, -0.2) is 86.6 Å². The monoisotopic (exact) mass is 335 g/mol. The van der Waals surface area contributed by atoms with E-state index in [9.17, 15) is 4.79 Å². The Labute approximate surface area is 143 Å². The summed E-state index contributed by atoms with van der Waals surface area (Å²) in [6.45, 7) is 10.1. The Hall–Kier alpha value is -1.54. The van der Waals surface area contributed by atoms with Crippen LogP contribution in [0.3, 0.4) is 0 Å². The maximum Gasteiger partial charge on any atom is 0.236 e. The summed E-state index contributed by atoms with van der Waals surface area (Å²) < 4.78 is 1.92. The number of aromatic nitrogens is 4. The van der Waals surface area contributed by atoms with Crippen molar-refractivity contribution in [2.45, 2.75) is 45.7 Å². The lowest BCUT2D eigenvalue weighted by molar-refractivity contribution is -0.131. The van der Waals surface area contributed by atoms with Crippen LogP contribution in [0.2, 0.25) is 0 Å². The topological polar surface area (TPSA) is 70.4 Å². The second-order valence-electron chi connectivity index (χ2n) is 6.81. The third-order valence-corrected chi connectivity index (χ3v) is 4.98. The Balaban J connectivity index is 1.42. The minimum absolute atomic E-state index is 0.296. The lowest BCUT2D eigenvalue weighted by Crippen LogP contribution is -2.49. The number of likely N-dealkylation sites (tertiary alicyclic amines) is 1. The Morgan fingerprint density at radius 3 is 2.46 bits per heavy atom. The van der Waals surface area contributed by atoms with E-state index in [-0.39, 0.29) is 0 Å². The van der Waals surface area contributed by atoms with Crippen LogP contribution in [0.5, 0.6) is 0 Å². The zero-order chi connectivity index (χ0) is 16.8. The summed E-state index contributed by atoms with van der Waals surface area (Å²) in [4.78, 5) is 18.9. The van der Waals surface area contributed by atoms with Gasteiger partial charge in [-0.3, -0.25) is 14.6 Å². The van der Waals surface area contributed by atoms with Crippen molar-refractivity contribution in [3.05, 3.63) is 5.82 Å². The summed E-state index contributed by atoms with van der Waals surface area (Å²) in [7, 11) is 0. The van der Waals surface area contributed by atoms with Crippen molar-refractivity contribution < 1.29 is 4.79 Å². The molecule has 2 aliphatic heterocycles. The van der Waals surface area contributed by atoms with Gasteiger partial charge in [0, 0.05) is 45.8 Å². The maximum atomic E-state index is 12.2. The van der Waals surface area contributed by atoms with E-state index in [2.05, 4.69) is 32.2 Å². The van der Waals surface area contributed by atoms with E-state index in [1.807, 2.05) is 9.58 Å². The molecule has 2 aliphatic rings. The summed E-state index contributed by atoms with van der Waals surface area (Å²) in [6, 6.07) is 0. The first-order valence-electron chi connectivity index (χ1n) is 9.24. The average Bonchev–Trinajstić information content (AvgIpc) is 3.26. The molecule has 2 saturated heterocycles. The van der Waals surface area contributed by atoms with Crippen LogP contribution in [0, 0.1) is 0 Å². The number of unbranched alkanes of at least 4 members (excludes halogenated alkanes) is 1. The first kappa shape index (κ1) is 17.3. The molecule has 0 bridgehead atoms. The molecule has 3 heterocycles. The maximum absolute atomic E-state index is 12.2. The Bertz CT molecular complexity index is 518. The highest BCUT2D eigenvalue weighted by molar-refractivity contribution is 5.78. The molecule has 8 heteroatoms. The largest absolute Gasteiger partial charge is 0.342 e. The average molecular weight is 335 g/mol. The normalized spacial score (nSPS) is 20.0. The van der Waals surface area contributed by atoms with Crippen LogP contribution >= 0.6 is 0 Å². The molecule has 1 aromatic rings. The fourth-order valence-corrected chi connectivity index (χ4v) is 3.38.